The van der Waals surface area contributed by atoms with Gasteiger partial charge >= 0.3 is 0 Å². The van der Waals surface area contributed by atoms with E-state index in [1.807, 2.05) is 36.4 Å². The van der Waals surface area contributed by atoms with Crippen LogP contribution in [0, 0.1) is 5.82 Å². The number of nitrogens with two attached hydrogens (primary N) is 1. The molecule has 2 nitrogen and oxygen atoms in total. The van der Waals surface area contributed by atoms with Crippen LogP contribution < -0.4 is 5.73 Å². The maximum Gasteiger partial charge on any atom is 0.133 e. The molecule has 0 atom stereocenters. The summed E-state index contributed by atoms with van der Waals surface area (Å²) in [6.45, 7) is 13.5. The van der Waals surface area contributed by atoms with Crippen molar-refractivity contribution in [2.24, 2.45) is 0 Å². The number of hydrogen-bond donors (Lipinski definition) is 1. The molecule has 2 N–H and O–H groups in total. The van der Waals surface area contributed by atoms with Crippen LogP contribution in [0.5, 0.6) is 0 Å². The Hall–Kier alpha value is -3.89. The van der Waals surface area contributed by atoms with Crippen LogP contribution in [0.15, 0.2) is 89.4 Å². The number of benzene rings is 5. The fourth-order valence-electron chi connectivity index (χ4n) is 6.31. The van der Waals surface area contributed by atoms with Gasteiger partial charge in [0.25, 0.3) is 0 Å². The van der Waals surface area contributed by atoms with Crippen molar-refractivity contribution in [3.8, 4) is 22.3 Å². The van der Waals surface area contributed by atoms with Gasteiger partial charge in [-0.15, -0.1) is 0 Å². The predicted molar refractivity (Wildman–Crippen MR) is 181 cm³/mol. The molecule has 0 unspecified atom stereocenters. The highest BCUT2D eigenvalue weighted by Crippen LogP contribution is 2.45. The first-order valence-electron chi connectivity index (χ1n) is 14.5. The van der Waals surface area contributed by atoms with Crippen LogP contribution in [-0.4, -0.2) is 4.40 Å². The van der Waals surface area contributed by atoms with Crippen LogP contribution in [0.3, 0.4) is 0 Å². The van der Waals surface area contributed by atoms with E-state index in [1.165, 1.54) is 21.9 Å². The monoisotopic (exact) mass is 616 g/mol. The van der Waals surface area contributed by atoms with E-state index >= 15 is 4.39 Å². The van der Waals surface area contributed by atoms with Crippen LogP contribution in [0.1, 0.15) is 52.7 Å². The Bertz CT molecular complexity index is 2180. The summed E-state index contributed by atoms with van der Waals surface area (Å²) in [5.74, 6) is -0.289. The van der Waals surface area contributed by atoms with Crippen molar-refractivity contribution >= 4 is 59.7 Å². The summed E-state index contributed by atoms with van der Waals surface area (Å²) in [6.07, 6.45) is 0. The third-order valence-corrected chi connectivity index (χ3v) is 9.39. The number of fused-ring (bicyclic) bond motifs is 6. The Morgan fingerprint density at radius 3 is 1.88 bits per heavy atom. The van der Waals surface area contributed by atoms with E-state index in [9.17, 15) is 0 Å². The van der Waals surface area contributed by atoms with Crippen LogP contribution in [0.4, 0.5) is 10.1 Å². The molecule has 0 saturated heterocycles. The van der Waals surface area contributed by atoms with Gasteiger partial charge in [-0.05, 0) is 97.5 Å². The summed E-state index contributed by atoms with van der Waals surface area (Å²) >= 11 is 3.65. The smallest absolute Gasteiger partial charge is 0.133 e. The molecule has 4 heteroatoms. The standard InChI is InChI=1S/C38H34BrFN2/c1-37(2,3)23-12-13-33-26(16-23)29-17-24(38(4,5)6)18-30-27-19-25(32(40)20-34(27)42(33)36(29)30)28-14-22(15-31(39)35(28)41)21-10-8-7-9-11-21/h7-20H,41H2,1-6H3. The highest BCUT2D eigenvalue weighted by Gasteiger charge is 2.25. The van der Waals surface area contributed by atoms with Crippen LogP contribution in [-0.2, 0) is 10.8 Å². The molecule has 0 saturated carbocycles. The average molecular weight is 618 g/mol. The van der Waals surface area contributed by atoms with Crippen molar-refractivity contribution < 1.29 is 4.39 Å². The second-order valence-corrected chi connectivity index (χ2v) is 14.5. The summed E-state index contributed by atoms with van der Waals surface area (Å²) < 4.78 is 19.3. The molecule has 0 radical (unpaired) electrons. The summed E-state index contributed by atoms with van der Waals surface area (Å²) in [6, 6.07) is 29.2. The van der Waals surface area contributed by atoms with Gasteiger partial charge in [0.2, 0.25) is 0 Å². The van der Waals surface area contributed by atoms with Gasteiger partial charge in [-0.3, -0.25) is 0 Å². The van der Waals surface area contributed by atoms with E-state index in [0.29, 0.717) is 16.8 Å². The van der Waals surface area contributed by atoms with E-state index in [4.69, 9.17) is 5.73 Å². The molecule has 0 amide bonds. The molecule has 210 valence electrons. The second-order valence-electron chi connectivity index (χ2n) is 13.6. The predicted octanol–water partition coefficient (Wildman–Crippen LogP) is 11.2. The minimum atomic E-state index is -0.289. The van der Waals surface area contributed by atoms with Gasteiger partial charge in [0.1, 0.15) is 5.82 Å². The van der Waals surface area contributed by atoms with Crippen molar-refractivity contribution in [3.05, 3.63) is 106 Å². The summed E-state index contributed by atoms with van der Waals surface area (Å²) in [5, 5.41) is 4.59. The van der Waals surface area contributed by atoms with E-state index in [0.717, 1.165) is 42.9 Å². The lowest BCUT2D eigenvalue weighted by Crippen LogP contribution is -2.11. The van der Waals surface area contributed by atoms with Crippen molar-refractivity contribution in [1.29, 1.82) is 0 Å². The van der Waals surface area contributed by atoms with Gasteiger partial charge in [0, 0.05) is 37.1 Å². The Morgan fingerprint density at radius 2 is 1.24 bits per heavy atom. The fraction of sp³-hybridized carbons (Fsp3) is 0.211. The van der Waals surface area contributed by atoms with Crippen molar-refractivity contribution in [1.82, 2.24) is 4.40 Å². The third-order valence-electron chi connectivity index (χ3n) is 8.74. The van der Waals surface area contributed by atoms with Crippen LogP contribution in [0.2, 0.25) is 0 Å². The quantitative estimate of drug-likeness (QED) is 0.192. The molecule has 0 bridgehead atoms. The number of nitrogen functional groups attached to an aromatic ring is 1. The van der Waals surface area contributed by atoms with Gasteiger partial charge in [-0.2, -0.15) is 0 Å². The van der Waals surface area contributed by atoms with Crippen molar-refractivity contribution in [3.63, 3.8) is 0 Å². The first-order valence-corrected chi connectivity index (χ1v) is 15.2. The van der Waals surface area contributed by atoms with Gasteiger partial charge in [0.05, 0.1) is 22.2 Å². The zero-order valence-electron chi connectivity index (χ0n) is 24.9. The number of halogens is 2. The molecular weight excluding hydrogens is 583 g/mol. The maximum absolute atomic E-state index is 16.3. The lowest BCUT2D eigenvalue weighted by Gasteiger charge is -2.20. The molecule has 42 heavy (non-hydrogen) atoms. The van der Waals surface area contributed by atoms with E-state index < -0.39 is 0 Å². The van der Waals surface area contributed by atoms with Crippen molar-refractivity contribution in [2.75, 3.05) is 5.73 Å². The maximum atomic E-state index is 16.3. The lowest BCUT2D eigenvalue weighted by atomic mass is 9.84. The number of aromatic nitrogens is 1. The summed E-state index contributed by atoms with van der Waals surface area (Å²) in [5.41, 5.74) is 16.0. The Labute approximate surface area is 254 Å². The minimum Gasteiger partial charge on any atom is -0.397 e. The topological polar surface area (TPSA) is 30.4 Å². The molecule has 0 aliphatic carbocycles. The first-order chi connectivity index (χ1) is 19.8. The molecule has 5 aromatic carbocycles. The summed E-state index contributed by atoms with van der Waals surface area (Å²) in [4.78, 5) is 0. The zero-order chi connectivity index (χ0) is 29.7. The zero-order valence-corrected chi connectivity index (χ0v) is 26.4. The number of nitrogens with zero attached hydrogens (tertiary/aromatic N) is 1. The highest BCUT2D eigenvalue weighted by molar-refractivity contribution is 9.10. The number of rotatable bonds is 2. The Balaban J connectivity index is 1.58. The van der Waals surface area contributed by atoms with E-state index in [1.54, 1.807) is 6.07 Å². The average Bonchev–Trinajstić information content (AvgIpc) is 3.44. The number of anilines is 1. The molecule has 0 fully saturated rings. The molecule has 7 aromatic rings. The Morgan fingerprint density at radius 1 is 0.619 bits per heavy atom. The molecular formula is C38H34BrFN2. The van der Waals surface area contributed by atoms with Crippen molar-refractivity contribution in [2.45, 2.75) is 52.4 Å². The van der Waals surface area contributed by atoms with Crippen LogP contribution in [0.25, 0.3) is 60.3 Å². The SMILES string of the molecule is CC(C)(C)c1ccc2c(c1)c1cc(C(C)(C)C)cc3c4cc(-c5cc(-c6ccccc6)cc(Br)c5N)c(F)cc4n2c13. The highest BCUT2D eigenvalue weighted by atomic mass is 79.9. The van der Waals surface area contributed by atoms with E-state index in [2.05, 4.69) is 104 Å². The Kier molecular flexibility index (Phi) is 5.81. The van der Waals surface area contributed by atoms with Crippen LogP contribution >= 0.6 is 15.9 Å². The minimum absolute atomic E-state index is 0.0264. The summed E-state index contributed by atoms with van der Waals surface area (Å²) in [7, 11) is 0. The second kappa shape index (κ2) is 9.05. The lowest BCUT2D eigenvalue weighted by molar-refractivity contribution is 0.590. The molecule has 7 rings (SSSR count). The van der Waals surface area contributed by atoms with Gasteiger partial charge in [0.15, 0.2) is 0 Å². The normalized spacial score (nSPS) is 12.9. The molecule has 2 aromatic heterocycles. The van der Waals surface area contributed by atoms with Gasteiger partial charge in [-0.25, -0.2) is 4.39 Å². The largest absolute Gasteiger partial charge is 0.397 e. The molecule has 0 spiro atoms. The molecule has 0 aliphatic heterocycles. The molecule has 0 aliphatic rings. The van der Waals surface area contributed by atoms with Gasteiger partial charge in [-0.1, -0.05) is 77.9 Å². The van der Waals surface area contributed by atoms with Gasteiger partial charge < -0.3 is 10.1 Å². The number of hydrogen-bond acceptors (Lipinski definition) is 1. The first kappa shape index (κ1) is 27.0. The third kappa shape index (κ3) is 4.03. The van der Waals surface area contributed by atoms with E-state index in [-0.39, 0.29) is 16.6 Å². The fourth-order valence-corrected chi connectivity index (χ4v) is 6.77. The molecule has 2 heterocycles.